The van der Waals surface area contributed by atoms with Crippen molar-refractivity contribution >= 4 is 29.7 Å². The van der Waals surface area contributed by atoms with Gasteiger partial charge in [-0.3, -0.25) is 10.1 Å². The van der Waals surface area contributed by atoms with Gasteiger partial charge in [-0.1, -0.05) is 12.1 Å². The Labute approximate surface area is 166 Å². The van der Waals surface area contributed by atoms with Gasteiger partial charge in [-0.15, -0.1) is 0 Å². The normalized spacial score (nSPS) is 10.2. The summed E-state index contributed by atoms with van der Waals surface area (Å²) in [6, 6.07) is 5.96. The first kappa shape index (κ1) is 21.7. The van der Waals surface area contributed by atoms with Crippen molar-refractivity contribution in [2.75, 3.05) is 25.6 Å². The predicted molar refractivity (Wildman–Crippen MR) is 101 cm³/mol. The standard InChI is InChI=1S/C20H21NO8/c1-5-27-19(24)14-11(3)29-17(15(14)20(25)28-6-2)21-16(22)12-9-7-8-10-13(12)18(23)26-4/h7-10H,5-6H2,1-4H3,(H,21,22). The molecule has 0 bridgehead atoms. The van der Waals surface area contributed by atoms with E-state index in [2.05, 4.69) is 10.1 Å². The molecule has 9 heteroatoms. The molecule has 0 atom stereocenters. The highest BCUT2D eigenvalue weighted by Crippen LogP contribution is 2.29. The van der Waals surface area contributed by atoms with Crippen LogP contribution in [0.5, 0.6) is 0 Å². The maximum Gasteiger partial charge on any atom is 0.344 e. The van der Waals surface area contributed by atoms with E-state index < -0.39 is 23.8 Å². The molecule has 2 rings (SSSR count). The van der Waals surface area contributed by atoms with Crippen molar-refractivity contribution in [3.63, 3.8) is 0 Å². The average molecular weight is 403 g/mol. The van der Waals surface area contributed by atoms with Crippen LogP contribution in [-0.2, 0) is 14.2 Å². The van der Waals surface area contributed by atoms with Crippen LogP contribution in [0, 0.1) is 6.92 Å². The molecule has 29 heavy (non-hydrogen) atoms. The number of carbonyl (C=O) groups is 4. The molecular formula is C20H21NO8. The summed E-state index contributed by atoms with van der Waals surface area (Å²) in [6.45, 7) is 4.79. The Morgan fingerprint density at radius 1 is 0.897 bits per heavy atom. The fourth-order valence-electron chi connectivity index (χ4n) is 2.62. The van der Waals surface area contributed by atoms with Crippen LogP contribution < -0.4 is 5.32 Å². The van der Waals surface area contributed by atoms with E-state index in [0.29, 0.717) is 0 Å². The molecule has 0 saturated carbocycles. The van der Waals surface area contributed by atoms with Crippen molar-refractivity contribution in [2.45, 2.75) is 20.8 Å². The van der Waals surface area contributed by atoms with Gasteiger partial charge in [-0.25, -0.2) is 14.4 Å². The van der Waals surface area contributed by atoms with Crippen LogP contribution in [0.4, 0.5) is 5.88 Å². The van der Waals surface area contributed by atoms with Gasteiger partial charge in [-0.05, 0) is 32.9 Å². The monoisotopic (exact) mass is 403 g/mol. The minimum absolute atomic E-state index is 0.000830. The summed E-state index contributed by atoms with van der Waals surface area (Å²) in [5, 5.41) is 2.42. The van der Waals surface area contributed by atoms with Crippen molar-refractivity contribution in [3.05, 3.63) is 52.3 Å². The second-order valence-corrected chi connectivity index (χ2v) is 5.67. The Morgan fingerprint density at radius 2 is 1.45 bits per heavy atom. The number of hydrogen-bond acceptors (Lipinski definition) is 8. The van der Waals surface area contributed by atoms with Crippen molar-refractivity contribution in [3.8, 4) is 0 Å². The number of nitrogens with one attached hydrogen (secondary N) is 1. The van der Waals surface area contributed by atoms with Gasteiger partial charge in [0.25, 0.3) is 5.91 Å². The fourth-order valence-corrected chi connectivity index (χ4v) is 2.62. The molecule has 0 aliphatic heterocycles. The lowest BCUT2D eigenvalue weighted by Crippen LogP contribution is -2.19. The number of amides is 1. The van der Waals surface area contributed by atoms with Gasteiger partial charge >= 0.3 is 17.9 Å². The summed E-state index contributed by atoms with van der Waals surface area (Å²) in [5.41, 5.74) is -0.367. The average Bonchev–Trinajstić information content (AvgIpc) is 3.03. The first-order valence-electron chi connectivity index (χ1n) is 8.81. The molecule has 2 aromatic rings. The number of aryl methyl sites for hydroxylation is 1. The second-order valence-electron chi connectivity index (χ2n) is 5.67. The number of esters is 3. The Morgan fingerprint density at radius 3 is 2.00 bits per heavy atom. The number of anilines is 1. The third kappa shape index (κ3) is 4.63. The molecule has 0 aliphatic rings. The smallest absolute Gasteiger partial charge is 0.344 e. The molecule has 1 amide bonds. The maximum atomic E-state index is 12.8. The van der Waals surface area contributed by atoms with E-state index in [1.165, 1.54) is 26.2 Å². The van der Waals surface area contributed by atoms with Crippen LogP contribution in [-0.4, -0.2) is 44.1 Å². The van der Waals surface area contributed by atoms with Crippen molar-refractivity contribution in [2.24, 2.45) is 0 Å². The number of methoxy groups -OCH3 is 1. The predicted octanol–water partition coefficient (Wildman–Crippen LogP) is 2.98. The first-order chi connectivity index (χ1) is 13.8. The Kier molecular flexibility index (Phi) is 7.13. The highest BCUT2D eigenvalue weighted by atomic mass is 16.5. The third-order valence-corrected chi connectivity index (χ3v) is 3.85. The zero-order valence-corrected chi connectivity index (χ0v) is 16.5. The summed E-state index contributed by atoms with van der Waals surface area (Å²) in [6.07, 6.45) is 0. The minimum atomic E-state index is -0.857. The first-order valence-corrected chi connectivity index (χ1v) is 8.81. The summed E-state index contributed by atoms with van der Waals surface area (Å²) >= 11 is 0. The van der Waals surface area contributed by atoms with E-state index in [1.807, 2.05) is 0 Å². The molecule has 0 unspecified atom stereocenters. The molecular weight excluding hydrogens is 382 g/mol. The molecule has 0 aliphatic carbocycles. The second kappa shape index (κ2) is 9.54. The Balaban J connectivity index is 2.49. The van der Waals surface area contributed by atoms with E-state index in [0.717, 1.165) is 0 Å². The SMILES string of the molecule is CCOC(=O)c1c(C)oc(NC(=O)c2ccccc2C(=O)OC)c1C(=O)OCC. The summed E-state index contributed by atoms with van der Waals surface area (Å²) in [5.74, 6) is -3.29. The fraction of sp³-hybridized carbons (Fsp3) is 0.300. The number of ether oxygens (including phenoxy) is 3. The number of furan rings is 1. The largest absolute Gasteiger partial charge is 0.465 e. The van der Waals surface area contributed by atoms with Crippen molar-refractivity contribution < 1.29 is 37.8 Å². The molecule has 154 valence electrons. The Bertz CT molecular complexity index is 944. The number of rotatable bonds is 7. The molecule has 1 heterocycles. The molecule has 0 radical (unpaired) electrons. The number of hydrogen-bond donors (Lipinski definition) is 1. The molecule has 1 aromatic heterocycles. The minimum Gasteiger partial charge on any atom is -0.465 e. The van der Waals surface area contributed by atoms with Gasteiger partial charge in [0.1, 0.15) is 16.9 Å². The van der Waals surface area contributed by atoms with Gasteiger partial charge in [0.2, 0.25) is 5.88 Å². The van der Waals surface area contributed by atoms with E-state index in [-0.39, 0.29) is 47.1 Å². The van der Waals surface area contributed by atoms with Gasteiger partial charge in [-0.2, -0.15) is 0 Å². The van der Waals surface area contributed by atoms with Crippen LogP contribution in [0.1, 0.15) is 61.0 Å². The van der Waals surface area contributed by atoms with Crippen LogP contribution in [0.2, 0.25) is 0 Å². The molecule has 1 N–H and O–H groups in total. The third-order valence-electron chi connectivity index (χ3n) is 3.85. The van der Waals surface area contributed by atoms with Crippen LogP contribution in [0.15, 0.2) is 28.7 Å². The summed E-state index contributed by atoms with van der Waals surface area (Å²) in [4.78, 5) is 49.4. The maximum absolute atomic E-state index is 12.8. The topological polar surface area (TPSA) is 121 Å². The highest BCUT2D eigenvalue weighted by Gasteiger charge is 2.32. The van der Waals surface area contributed by atoms with Gasteiger partial charge in [0, 0.05) is 0 Å². The van der Waals surface area contributed by atoms with Crippen LogP contribution in [0.25, 0.3) is 0 Å². The van der Waals surface area contributed by atoms with E-state index in [4.69, 9.17) is 13.9 Å². The summed E-state index contributed by atoms with van der Waals surface area (Å²) < 4.78 is 20.1. The highest BCUT2D eigenvalue weighted by molar-refractivity contribution is 6.14. The molecule has 0 saturated heterocycles. The molecule has 0 fully saturated rings. The zero-order valence-electron chi connectivity index (χ0n) is 16.5. The molecule has 0 spiro atoms. The van der Waals surface area contributed by atoms with E-state index >= 15 is 0 Å². The number of benzene rings is 1. The van der Waals surface area contributed by atoms with Crippen LogP contribution in [0.3, 0.4) is 0 Å². The number of carbonyl (C=O) groups excluding carboxylic acids is 4. The Hall–Kier alpha value is -3.62. The molecule has 9 nitrogen and oxygen atoms in total. The van der Waals surface area contributed by atoms with Gasteiger partial charge in [0.05, 0.1) is 31.5 Å². The van der Waals surface area contributed by atoms with E-state index in [1.54, 1.807) is 26.0 Å². The lowest BCUT2D eigenvalue weighted by molar-refractivity contribution is 0.0480. The zero-order chi connectivity index (χ0) is 21.6. The van der Waals surface area contributed by atoms with Crippen molar-refractivity contribution in [1.29, 1.82) is 0 Å². The van der Waals surface area contributed by atoms with Gasteiger partial charge < -0.3 is 18.6 Å². The van der Waals surface area contributed by atoms with E-state index in [9.17, 15) is 19.2 Å². The van der Waals surface area contributed by atoms with Crippen LogP contribution >= 0.6 is 0 Å². The van der Waals surface area contributed by atoms with Crippen molar-refractivity contribution in [1.82, 2.24) is 0 Å². The molecule has 1 aromatic carbocycles. The lowest BCUT2D eigenvalue weighted by atomic mass is 10.1. The quantitative estimate of drug-likeness (QED) is 0.553. The lowest BCUT2D eigenvalue weighted by Gasteiger charge is -2.09. The summed E-state index contributed by atoms with van der Waals surface area (Å²) in [7, 11) is 1.19. The van der Waals surface area contributed by atoms with Gasteiger partial charge in [0.15, 0.2) is 0 Å².